The molecule has 7 nitrogen and oxygen atoms in total. The molecule has 4 aliphatic heterocycles. The number of aliphatic imine (C=N–C) groups is 3. The molecule has 54 heavy (non-hydrogen) atoms. The van der Waals surface area contributed by atoms with Crippen molar-refractivity contribution in [3.63, 3.8) is 0 Å². The molecule has 0 spiro atoms. The minimum atomic E-state index is 0. The van der Waals surface area contributed by atoms with E-state index in [4.69, 9.17) is 15.0 Å². The molecule has 0 amide bonds. The molecular formula is C44H36Cl3N7. The normalized spacial score (nSPS) is 15.6. The molecule has 1 aromatic carbocycles. The molecule has 0 saturated heterocycles. The number of aromatic nitrogens is 4. The molecular weight excluding hydrogens is 733 g/mol. The molecule has 8 heterocycles. The second-order valence-corrected chi connectivity index (χ2v) is 13.2. The Labute approximate surface area is 332 Å². The number of halogens is 3. The zero-order chi connectivity index (χ0) is 34.5. The summed E-state index contributed by atoms with van der Waals surface area (Å²) in [7, 11) is 6.10. The van der Waals surface area contributed by atoms with Crippen molar-refractivity contribution in [3.05, 3.63) is 196 Å². The summed E-state index contributed by atoms with van der Waals surface area (Å²) in [6, 6.07) is 27.8. The van der Waals surface area contributed by atoms with Crippen molar-refractivity contribution in [1.82, 2.24) is 4.98 Å². The van der Waals surface area contributed by atoms with Crippen LogP contribution in [0.15, 0.2) is 178 Å². The smallest absolute Gasteiger partial charge is 0.169 e. The zero-order valence-corrected chi connectivity index (χ0v) is 32.1. The summed E-state index contributed by atoms with van der Waals surface area (Å²) in [5.41, 5.74) is 13.8. The second-order valence-electron chi connectivity index (χ2n) is 13.2. The predicted molar refractivity (Wildman–Crippen MR) is 201 cm³/mol. The maximum Gasteiger partial charge on any atom is 0.169 e. The molecule has 0 atom stereocenters. The van der Waals surface area contributed by atoms with Crippen molar-refractivity contribution in [3.8, 4) is 0 Å². The third-order valence-corrected chi connectivity index (χ3v) is 9.68. The second kappa shape index (κ2) is 15.7. The molecule has 1 N–H and O–H groups in total. The van der Waals surface area contributed by atoms with E-state index < -0.39 is 0 Å². The summed E-state index contributed by atoms with van der Waals surface area (Å²) in [5, 5.41) is 2.00. The number of hydrogen-bond acceptors (Lipinski definition) is 3. The van der Waals surface area contributed by atoms with E-state index in [1.165, 1.54) is 0 Å². The minimum Gasteiger partial charge on any atom is -1.00 e. The number of nitrogens with zero attached hydrogens (tertiary/aromatic N) is 6. The molecule has 0 aliphatic carbocycles. The number of H-pyrrole nitrogens is 1. The lowest BCUT2D eigenvalue weighted by Gasteiger charge is -2.11. The van der Waals surface area contributed by atoms with Gasteiger partial charge in [0, 0.05) is 75.8 Å². The quantitative estimate of drug-likeness (QED) is 0.180. The number of aromatic amines is 1. The van der Waals surface area contributed by atoms with E-state index in [9.17, 15) is 0 Å². The third-order valence-electron chi connectivity index (χ3n) is 9.68. The van der Waals surface area contributed by atoms with Gasteiger partial charge in [-0.2, -0.15) is 0 Å². The first-order chi connectivity index (χ1) is 25.0. The molecule has 0 unspecified atom stereocenters. The van der Waals surface area contributed by atoms with Crippen molar-refractivity contribution < 1.29 is 50.9 Å². The Hall–Kier alpha value is -5.73. The molecule has 0 radical (unpaired) electrons. The maximum absolute atomic E-state index is 5.41. The zero-order valence-electron chi connectivity index (χ0n) is 29.9. The largest absolute Gasteiger partial charge is 1.00 e. The van der Waals surface area contributed by atoms with Gasteiger partial charge < -0.3 is 42.2 Å². The van der Waals surface area contributed by atoms with E-state index in [2.05, 4.69) is 151 Å². The fourth-order valence-corrected chi connectivity index (χ4v) is 7.09. The third kappa shape index (κ3) is 7.01. The number of fused-ring (bicyclic) bond motifs is 5. The summed E-state index contributed by atoms with van der Waals surface area (Å²) in [5.74, 6) is 0. The van der Waals surface area contributed by atoms with Crippen molar-refractivity contribution in [2.75, 3.05) is 0 Å². The summed E-state index contributed by atoms with van der Waals surface area (Å²) in [6.07, 6.45) is 23.9. The molecule has 0 saturated carbocycles. The Kier molecular flexibility index (Phi) is 11.1. The highest BCUT2D eigenvalue weighted by molar-refractivity contribution is 6.35. The Morgan fingerprint density at radius 1 is 0.463 bits per heavy atom. The highest BCUT2D eigenvalue weighted by Crippen LogP contribution is 2.37. The molecule has 4 aromatic heterocycles. The lowest BCUT2D eigenvalue weighted by Crippen LogP contribution is -3.00. The molecule has 10 heteroatoms. The molecule has 268 valence electrons. The average molecular weight is 769 g/mol. The Balaban J connectivity index is 0.00000166. The van der Waals surface area contributed by atoms with Gasteiger partial charge in [0.05, 0.1) is 34.2 Å². The predicted octanol–water partition coefficient (Wildman–Crippen LogP) is -4.52. The van der Waals surface area contributed by atoms with Gasteiger partial charge in [0.1, 0.15) is 21.1 Å². The van der Waals surface area contributed by atoms with Crippen LogP contribution in [0.1, 0.15) is 28.7 Å². The van der Waals surface area contributed by atoms with E-state index in [1.807, 2.05) is 34.8 Å². The van der Waals surface area contributed by atoms with Crippen LogP contribution in [0.3, 0.4) is 0 Å². The molecule has 8 bridgehead atoms. The maximum atomic E-state index is 5.41. The standard InChI is InChI=1S/C44H35N7.3ClH/c1-49-23-17-30(18-24-49)42-35-11-9-33(45-35)41(29-7-5-4-6-8-29)34-10-12-36(46-34)43(31-19-25-50(2)26-20-31)38-14-16-40(48-38)44(39-15-13-37(42)47-39)32-21-27-51(3)28-22-32;;;/h4-9,11-28H,10H2,1-3H3;3*1H/q+2;;;/p-2. The van der Waals surface area contributed by atoms with E-state index in [1.54, 1.807) is 0 Å². The fourth-order valence-electron chi connectivity index (χ4n) is 7.09. The Morgan fingerprint density at radius 3 is 1.46 bits per heavy atom. The SMILES string of the molecule is C[n+]1ccc(C2=C3C=CC(=N3)C(c3cc[n+](C)cc3)=C3C=CC(=N3)C(c3cc[n+](C)cc3)=c3ccc([nH]3)=C(c3ccccc3)C3=NC2=CC3)cc1.[Cl-].[Cl-].[Cl-]. The highest BCUT2D eigenvalue weighted by Gasteiger charge is 2.26. The van der Waals surface area contributed by atoms with E-state index in [-0.39, 0.29) is 37.2 Å². The van der Waals surface area contributed by atoms with Crippen LogP contribution >= 0.6 is 0 Å². The number of benzene rings is 1. The lowest BCUT2D eigenvalue weighted by molar-refractivity contribution is -0.671. The van der Waals surface area contributed by atoms with Gasteiger partial charge >= 0.3 is 0 Å². The molecule has 4 aliphatic rings. The number of hydrogen-bond donors (Lipinski definition) is 1. The summed E-state index contributed by atoms with van der Waals surface area (Å²) < 4.78 is 6.14. The van der Waals surface area contributed by atoms with Gasteiger partial charge in [-0.15, -0.1) is 0 Å². The van der Waals surface area contributed by atoms with Crippen molar-refractivity contribution in [2.24, 2.45) is 36.1 Å². The van der Waals surface area contributed by atoms with Gasteiger partial charge in [0.2, 0.25) is 0 Å². The van der Waals surface area contributed by atoms with Crippen LogP contribution in [0.2, 0.25) is 0 Å². The summed E-state index contributed by atoms with van der Waals surface area (Å²) in [4.78, 5) is 20.0. The summed E-state index contributed by atoms with van der Waals surface area (Å²) in [6.45, 7) is 0. The van der Waals surface area contributed by atoms with E-state index in [0.29, 0.717) is 6.42 Å². The topological polar surface area (TPSA) is 64.5 Å². The average Bonchev–Trinajstić information content (AvgIpc) is 3.99. The van der Waals surface area contributed by atoms with Crippen LogP contribution in [-0.4, -0.2) is 22.1 Å². The lowest BCUT2D eigenvalue weighted by atomic mass is 9.99. The number of pyridine rings is 3. The van der Waals surface area contributed by atoms with Crippen molar-refractivity contribution >= 4 is 39.4 Å². The van der Waals surface area contributed by atoms with Crippen LogP contribution in [0, 0.1) is 0 Å². The van der Waals surface area contributed by atoms with Gasteiger partial charge in [-0.05, 0) is 58.7 Å². The van der Waals surface area contributed by atoms with Gasteiger partial charge in [-0.1, -0.05) is 36.4 Å². The van der Waals surface area contributed by atoms with Crippen LogP contribution in [0.5, 0.6) is 0 Å². The number of allylic oxidation sites excluding steroid dienone is 7. The van der Waals surface area contributed by atoms with Crippen molar-refractivity contribution in [1.29, 1.82) is 0 Å². The summed E-state index contributed by atoms with van der Waals surface area (Å²) >= 11 is 0. The van der Waals surface area contributed by atoms with Crippen LogP contribution in [0.25, 0.3) is 22.3 Å². The molecule has 0 fully saturated rings. The number of rotatable bonds is 4. The van der Waals surface area contributed by atoms with Gasteiger partial charge in [-0.25, -0.2) is 23.7 Å². The van der Waals surface area contributed by atoms with Crippen molar-refractivity contribution in [2.45, 2.75) is 6.42 Å². The van der Waals surface area contributed by atoms with E-state index in [0.717, 1.165) is 89.5 Å². The number of nitrogens with one attached hydrogen (secondary N) is 1. The van der Waals surface area contributed by atoms with E-state index >= 15 is 0 Å². The van der Waals surface area contributed by atoms with Gasteiger partial charge in [-0.3, -0.25) is 4.99 Å². The Morgan fingerprint density at radius 2 is 0.907 bits per heavy atom. The molecule has 9 rings (SSSR count). The molecule has 5 aromatic rings. The Bertz CT molecular complexity index is 2640. The first-order valence-electron chi connectivity index (χ1n) is 17.2. The van der Waals surface area contributed by atoms with Crippen LogP contribution < -0.4 is 61.6 Å². The minimum absolute atomic E-state index is 0. The van der Waals surface area contributed by atoms with Crippen LogP contribution in [0.4, 0.5) is 0 Å². The first kappa shape index (κ1) is 38.0. The monoisotopic (exact) mass is 767 g/mol. The first-order valence-corrected chi connectivity index (χ1v) is 17.2. The highest BCUT2D eigenvalue weighted by atomic mass is 35.5. The van der Waals surface area contributed by atoms with Gasteiger partial charge in [0.25, 0.3) is 0 Å². The van der Waals surface area contributed by atoms with Gasteiger partial charge in [0.15, 0.2) is 37.2 Å². The van der Waals surface area contributed by atoms with Crippen LogP contribution in [-0.2, 0) is 21.1 Å². The fraction of sp³-hybridized carbons (Fsp3) is 0.0909. The number of aryl methyl sites for hydroxylation is 3.